The molecule has 4 fully saturated rings. The van der Waals surface area contributed by atoms with E-state index in [1.54, 1.807) is 33.8 Å². The number of hydrogen-bond donors (Lipinski definition) is 1. The number of halogens is 1. The first-order valence-corrected chi connectivity index (χ1v) is 13.4. The van der Waals surface area contributed by atoms with Gasteiger partial charge in [0.05, 0.1) is 20.0 Å². The maximum absolute atomic E-state index is 17.3. The van der Waals surface area contributed by atoms with E-state index in [-0.39, 0.29) is 121 Å². The van der Waals surface area contributed by atoms with Gasteiger partial charge in [-0.05, 0) is 64.5 Å². The largest absolute Gasteiger partial charge is 1.00 e. The molecular formula is C24H30FK2O9P-. The number of aliphatic hydroxyl groups excluding tert-OH is 1. The third-order valence-corrected chi connectivity index (χ3v) is 9.85. The van der Waals surface area contributed by atoms with Crippen molar-refractivity contribution >= 4 is 70.8 Å². The van der Waals surface area contributed by atoms with Gasteiger partial charge >= 0.3 is 51.4 Å². The number of allylic oxidation sites excluding steroid dienone is 4. The molecule has 0 spiro atoms. The number of phosphoric ester groups is 1. The van der Waals surface area contributed by atoms with E-state index in [1.165, 1.54) is 12.2 Å². The Hall–Kier alpha value is 2.01. The van der Waals surface area contributed by atoms with Crippen LogP contribution in [0.25, 0.3) is 0 Å². The van der Waals surface area contributed by atoms with Crippen LogP contribution in [0.3, 0.4) is 0 Å². The van der Waals surface area contributed by atoms with Crippen LogP contribution in [0, 0.1) is 22.7 Å². The van der Waals surface area contributed by atoms with Crippen molar-refractivity contribution in [2.75, 3.05) is 6.61 Å². The molecule has 0 aromatic rings. The van der Waals surface area contributed by atoms with Crippen LogP contribution in [-0.2, 0) is 28.2 Å². The summed E-state index contributed by atoms with van der Waals surface area (Å²) in [6, 6.07) is 0. The molecule has 0 aromatic carbocycles. The molecule has 13 heteroatoms. The first-order valence-electron chi connectivity index (χ1n) is 11.9. The molecule has 195 valence electrons. The van der Waals surface area contributed by atoms with Crippen molar-refractivity contribution in [1.82, 2.24) is 0 Å². The minimum atomic E-state index is -5.44. The molecule has 37 heavy (non-hydrogen) atoms. The molecule has 3 saturated carbocycles. The second kappa shape index (κ2) is 10.6. The molecule has 0 amide bonds. The summed E-state index contributed by atoms with van der Waals surface area (Å²) < 4.78 is 45.0. The maximum Gasteiger partial charge on any atom is 1.00 e. The number of carbonyl (C=O) groups is 2. The molecule has 1 aliphatic heterocycles. The fraction of sp³-hybridized carbons (Fsp3) is 0.750. The SMILES string of the molecule is CC1(C)O[C@@H]2C[C@H]3[C@@H]4CCC5=CC(=O)C=C[C@]5(C)[C@@]4(F)[C@@H](O)C[C@]3(C)[C@]2(C(=O)COP(=O)([O-])[O-])O1.[K+].[K]. The average Bonchev–Trinajstić information content (AvgIpc) is 3.14. The van der Waals surface area contributed by atoms with Gasteiger partial charge in [0.1, 0.15) is 6.61 Å². The fourth-order valence-electron chi connectivity index (χ4n) is 8.05. The molecule has 1 radical (unpaired) electrons. The standard InChI is InChI=1S/C24H32FO9P.2K/c1-20(2)33-19-10-16-15-6-5-13-9-14(26)7-8-21(13,3)23(15,25)17(27)11-22(16,4)24(19,34-20)18(28)12-32-35(29,30)31;;/h7-9,15-17,19,27H,5-6,10-12H2,1-4H3,(H2,29,30,31);;/q;;+1/p-2/t15-,16-,17-,19+,21-,22-,23-,24+;;/m0../s1. The number of Topliss-reactive ketones (excluding diaryl/α,β-unsaturated/α-hetero) is 1. The Morgan fingerprint density at radius 1 is 1.27 bits per heavy atom. The predicted octanol–water partition coefficient (Wildman–Crippen LogP) is -2.10. The Morgan fingerprint density at radius 3 is 2.54 bits per heavy atom. The van der Waals surface area contributed by atoms with Crippen LogP contribution < -0.4 is 61.2 Å². The van der Waals surface area contributed by atoms with Crippen molar-refractivity contribution < 1.29 is 98.8 Å². The Morgan fingerprint density at radius 2 is 1.92 bits per heavy atom. The van der Waals surface area contributed by atoms with Gasteiger partial charge in [0.15, 0.2) is 28.6 Å². The number of rotatable bonds is 4. The van der Waals surface area contributed by atoms with Crippen LogP contribution in [0.15, 0.2) is 23.8 Å². The maximum atomic E-state index is 17.3. The molecule has 4 aliphatic carbocycles. The fourth-order valence-corrected chi connectivity index (χ4v) is 8.33. The summed E-state index contributed by atoms with van der Waals surface area (Å²) in [5, 5.41) is 11.4. The molecule has 1 heterocycles. The molecule has 8 atom stereocenters. The third-order valence-electron chi connectivity index (χ3n) is 9.40. The molecule has 1 saturated heterocycles. The van der Waals surface area contributed by atoms with Crippen LogP contribution in [0.2, 0.25) is 0 Å². The first kappa shape index (κ1) is 33.5. The normalized spacial score (nSPS) is 45.4. The third kappa shape index (κ3) is 4.83. The van der Waals surface area contributed by atoms with Crippen molar-refractivity contribution in [1.29, 1.82) is 0 Å². The average molecular weight is 591 g/mol. The van der Waals surface area contributed by atoms with Crippen LogP contribution >= 0.6 is 7.82 Å². The van der Waals surface area contributed by atoms with Gasteiger partial charge in [-0.2, -0.15) is 0 Å². The quantitative estimate of drug-likeness (QED) is 0.287. The summed E-state index contributed by atoms with van der Waals surface area (Å²) in [5.41, 5.74) is -5.52. The van der Waals surface area contributed by atoms with Crippen molar-refractivity contribution in [2.45, 2.75) is 82.6 Å². The van der Waals surface area contributed by atoms with E-state index in [0.717, 1.165) is 0 Å². The molecule has 0 aromatic heterocycles. The van der Waals surface area contributed by atoms with Crippen LogP contribution in [0.1, 0.15) is 53.4 Å². The Bertz CT molecular complexity index is 1110. The van der Waals surface area contributed by atoms with Gasteiger partial charge in [0, 0.05) is 68.1 Å². The number of ether oxygens (including phenoxy) is 2. The molecule has 5 rings (SSSR count). The molecular weight excluding hydrogens is 560 g/mol. The smallest absolute Gasteiger partial charge is 0.790 e. The van der Waals surface area contributed by atoms with E-state index in [4.69, 9.17) is 9.47 Å². The number of hydrogen-bond acceptors (Lipinski definition) is 9. The second-order valence-corrected chi connectivity index (χ2v) is 12.6. The summed E-state index contributed by atoms with van der Waals surface area (Å²) >= 11 is 0. The van der Waals surface area contributed by atoms with E-state index < -0.39 is 72.1 Å². The van der Waals surface area contributed by atoms with Crippen LogP contribution in [0.4, 0.5) is 4.39 Å². The van der Waals surface area contributed by atoms with Crippen LogP contribution in [0.5, 0.6) is 0 Å². The van der Waals surface area contributed by atoms with E-state index >= 15 is 4.39 Å². The zero-order valence-corrected chi connectivity index (χ0v) is 29.3. The Labute approximate surface area is 300 Å². The Balaban J connectivity index is 0.00000190. The van der Waals surface area contributed by atoms with Crippen molar-refractivity contribution in [3.05, 3.63) is 23.8 Å². The summed E-state index contributed by atoms with van der Waals surface area (Å²) in [4.78, 5) is 47.8. The van der Waals surface area contributed by atoms with Gasteiger partial charge in [-0.3, -0.25) is 9.59 Å². The van der Waals surface area contributed by atoms with E-state index in [0.29, 0.717) is 18.4 Å². The molecule has 0 bridgehead atoms. The van der Waals surface area contributed by atoms with Gasteiger partial charge in [-0.15, -0.1) is 0 Å². The number of phosphoric acid groups is 1. The van der Waals surface area contributed by atoms with Crippen LogP contribution in [-0.4, -0.2) is 104 Å². The summed E-state index contributed by atoms with van der Waals surface area (Å²) in [5.74, 6) is -3.35. The molecule has 9 nitrogen and oxygen atoms in total. The number of alkyl halides is 1. The van der Waals surface area contributed by atoms with Gasteiger partial charge < -0.3 is 33.5 Å². The summed E-state index contributed by atoms with van der Waals surface area (Å²) in [6.45, 7) is 5.64. The summed E-state index contributed by atoms with van der Waals surface area (Å²) in [6.07, 6.45) is 2.86. The zero-order chi connectivity index (χ0) is 25.8. The van der Waals surface area contributed by atoms with Gasteiger partial charge in [0.2, 0.25) is 0 Å². The first-order chi connectivity index (χ1) is 16.0. The van der Waals surface area contributed by atoms with Gasteiger partial charge in [-0.1, -0.05) is 18.6 Å². The predicted molar refractivity (Wildman–Crippen MR) is 121 cm³/mol. The molecule has 5 aliphatic rings. The monoisotopic (exact) mass is 590 g/mol. The van der Waals surface area contributed by atoms with E-state index in [1.807, 2.05) is 0 Å². The number of ketones is 2. The van der Waals surface area contributed by atoms with Crippen molar-refractivity contribution in [2.24, 2.45) is 22.7 Å². The zero-order valence-electron chi connectivity index (χ0n) is 22.1. The van der Waals surface area contributed by atoms with Crippen molar-refractivity contribution in [3.63, 3.8) is 0 Å². The van der Waals surface area contributed by atoms with E-state index in [2.05, 4.69) is 4.52 Å². The van der Waals surface area contributed by atoms with Crippen molar-refractivity contribution in [3.8, 4) is 0 Å². The summed E-state index contributed by atoms with van der Waals surface area (Å²) in [7, 11) is -5.44. The number of fused-ring (bicyclic) bond motifs is 7. The minimum absolute atomic E-state index is 0. The number of aliphatic hydroxyl groups is 1. The Kier molecular flexibility index (Phi) is 9.62. The van der Waals surface area contributed by atoms with Gasteiger partial charge in [-0.25, -0.2) is 4.39 Å². The topological polar surface area (TPSA) is 145 Å². The molecule has 0 unspecified atom stereocenters. The van der Waals surface area contributed by atoms with Gasteiger partial charge in [0.25, 0.3) is 0 Å². The second-order valence-electron chi connectivity index (χ2n) is 11.5. The van der Waals surface area contributed by atoms with E-state index in [9.17, 15) is 29.0 Å². The minimum Gasteiger partial charge on any atom is -0.790 e. The molecule has 1 N–H and O–H groups in total. The number of carbonyl (C=O) groups excluding carboxylic acids is 2.